The highest BCUT2D eigenvalue weighted by molar-refractivity contribution is 7.09. The highest BCUT2D eigenvalue weighted by atomic mass is 32.1. The van der Waals surface area contributed by atoms with E-state index in [1.165, 1.54) is 4.88 Å². The van der Waals surface area contributed by atoms with E-state index < -0.39 is 0 Å². The van der Waals surface area contributed by atoms with Gasteiger partial charge in [-0.15, -0.1) is 11.3 Å². The zero-order chi connectivity index (χ0) is 13.0. The van der Waals surface area contributed by atoms with Crippen molar-refractivity contribution in [3.63, 3.8) is 0 Å². The van der Waals surface area contributed by atoms with Gasteiger partial charge in [0.05, 0.1) is 12.1 Å². The van der Waals surface area contributed by atoms with E-state index in [-0.39, 0.29) is 0 Å². The summed E-state index contributed by atoms with van der Waals surface area (Å²) in [5.41, 5.74) is 2.87. The molecule has 0 unspecified atom stereocenters. The molecular weight excluding hydrogens is 246 g/mol. The summed E-state index contributed by atoms with van der Waals surface area (Å²) in [6.45, 7) is 4.81. The van der Waals surface area contributed by atoms with Crippen molar-refractivity contribution < 1.29 is 0 Å². The Hall–Kier alpha value is -1.69. The van der Waals surface area contributed by atoms with Gasteiger partial charge in [-0.3, -0.25) is 4.98 Å². The minimum atomic E-state index is 0.745. The lowest BCUT2D eigenvalue weighted by Crippen LogP contribution is -2.09. The second-order valence-electron chi connectivity index (χ2n) is 3.89. The van der Waals surface area contributed by atoms with Gasteiger partial charge in [0.1, 0.15) is 17.5 Å². The first-order valence-electron chi connectivity index (χ1n) is 5.91. The summed E-state index contributed by atoms with van der Waals surface area (Å²) in [6, 6.07) is 0. The van der Waals surface area contributed by atoms with Crippen LogP contribution in [-0.2, 0) is 13.0 Å². The molecule has 2 aromatic heterocycles. The normalized spacial score (nSPS) is 10.4. The first kappa shape index (κ1) is 12.8. The third kappa shape index (κ3) is 2.76. The van der Waals surface area contributed by atoms with E-state index in [1.54, 1.807) is 11.3 Å². The van der Waals surface area contributed by atoms with Gasteiger partial charge >= 0.3 is 0 Å². The van der Waals surface area contributed by atoms with Gasteiger partial charge in [0.2, 0.25) is 0 Å². The number of anilines is 2. The fourth-order valence-electron chi connectivity index (χ4n) is 1.64. The van der Waals surface area contributed by atoms with Crippen LogP contribution in [0.3, 0.4) is 0 Å². The number of nitrogens with one attached hydrogen (secondary N) is 2. The molecule has 2 aromatic rings. The second kappa shape index (κ2) is 5.77. The van der Waals surface area contributed by atoms with E-state index in [0.29, 0.717) is 0 Å². The van der Waals surface area contributed by atoms with Gasteiger partial charge in [-0.05, 0) is 6.92 Å². The van der Waals surface area contributed by atoms with Gasteiger partial charge in [0.15, 0.2) is 0 Å². The highest BCUT2D eigenvalue weighted by Gasteiger charge is 2.09. The third-order valence-electron chi connectivity index (χ3n) is 2.66. The Bertz CT molecular complexity index is 509. The van der Waals surface area contributed by atoms with Crippen molar-refractivity contribution in [3.05, 3.63) is 28.0 Å². The minimum Gasteiger partial charge on any atom is -0.373 e. The molecule has 0 saturated heterocycles. The lowest BCUT2D eigenvalue weighted by atomic mass is 10.3. The molecule has 0 fully saturated rings. The molecule has 0 aromatic carbocycles. The number of aryl methyl sites for hydroxylation is 1. The van der Waals surface area contributed by atoms with Crippen LogP contribution < -0.4 is 10.6 Å². The van der Waals surface area contributed by atoms with Gasteiger partial charge < -0.3 is 10.6 Å². The summed E-state index contributed by atoms with van der Waals surface area (Å²) in [4.78, 5) is 14.2. The molecular formula is C12H17N5S. The molecule has 0 radical (unpaired) electrons. The molecule has 0 spiro atoms. The zero-order valence-electron chi connectivity index (χ0n) is 10.8. The first-order valence-corrected chi connectivity index (χ1v) is 6.79. The van der Waals surface area contributed by atoms with E-state index in [9.17, 15) is 0 Å². The smallest absolute Gasteiger partial charge is 0.135 e. The van der Waals surface area contributed by atoms with Crippen molar-refractivity contribution in [2.75, 3.05) is 17.7 Å². The topological polar surface area (TPSA) is 62.7 Å². The Balaban J connectivity index is 2.20. The summed E-state index contributed by atoms with van der Waals surface area (Å²) in [6.07, 6.45) is 2.69. The summed E-state index contributed by atoms with van der Waals surface area (Å²) in [7, 11) is 1.88. The largest absolute Gasteiger partial charge is 0.373 e. The molecule has 18 heavy (non-hydrogen) atoms. The highest BCUT2D eigenvalue weighted by Crippen LogP contribution is 2.20. The lowest BCUT2D eigenvalue weighted by molar-refractivity contribution is 0.925. The van der Waals surface area contributed by atoms with Crippen LogP contribution in [0.25, 0.3) is 0 Å². The van der Waals surface area contributed by atoms with E-state index in [1.807, 2.05) is 25.7 Å². The van der Waals surface area contributed by atoms with E-state index >= 15 is 0 Å². The van der Waals surface area contributed by atoms with Gasteiger partial charge in [0, 0.05) is 30.1 Å². The molecule has 0 aliphatic heterocycles. The average molecular weight is 263 g/mol. The molecule has 0 atom stereocenters. The van der Waals surface area contributed by atoms with Crippen LogP contribution in [0, 0.1) is 6.92 Å². The standard InChI is InChI=1S/C12H17N5S/c1-4-10-16-11(13-3)8(2)12(17-10)15-6-9-5-14-7-18-9/h5,7H,4,6H2,1-3H3,(H2,13,15,16,17). The number of hydrogen-bond donors (Lipinski definition) is 2. The summed E-state index contributed by atoms with van der Waals surface area (Å²) < 4.78 is 0. The van der Waals surface area contributed by atoms with Crippen molar-refractivity contribution in [2.45, 2.75) is 26.8 Å². The molecule has 0 bridgehead atoms. The summed E-state index contributed by atoms with van der Waals surface area (Å²) in [5.74, 6) is 2.62. The van der Waals surface area contributed by atoms with Crippen LogP contribution in [0.4, 0.5) is 11.6 Å². The van der Waals surface area contributed by atoms with Crippen molar-refractivity contribution >= 4 is 23.0 Å². The van der Waals surface area contributed by atoms with E-state index in [4.69, 9.17) is 0 Å². The summed E-state index contributed by atoms with van der Waals surface area (Å²) in [5, 5.41) is 6.45. The minimum absolute atomic E-state index is 0.745. The Morgan fingerprint density at radius 2 is 2.06 bits per heavy atom. The van der Waals surface area contributed by atoms with Crippen molar-refractivity contribution in [1.82, 2.24) is 15.0 Å². The fraction of sp³-hybridized carbons (Fsp3) is 0.417. The fourth-order valence-corrected chi connectivity index (χ4v) is 2.17. The molecule has 0 aliphatic carbocycles. The van der Waals surface area contributed by atoms with Gasteiger partial charge in [-0.1, -0.05) is 6.92 Å². The lowest BCUT2D eigenvalue weighted by Gasteiger charge is -2.12. The SMILES string of the molecule is CCc1nc(NC)c(C)c(NCc2cncs2)n1. The van der Waals surface area contributed by atoms with Crippen LogP contribution in [0.5, 0.6) is 0 Å². The monoisotopic (exact) mass is 263 g/mol. The third-order valence-corrected chi connectivity index (χ3v) is 3.44. The summed E-state index contributed by atoms with van der Waals surface area (Å²) >= 11 is 1.64. The van der Waals surface area contributed by atoms with Gasteiger partial charge in [0.25, 0.3) is 0 Å². The Morgan fingerprint density at radius 3 is 2.67 bits per heavy atom. The van der Waals surface area contributed by atoms with E-state index in [2.05, 4.69) is 32.5 Å². The van der Waals surface area contributed by atoms with Crippen molar-refractivity contribution in [2.24, 2.45) is 0 Å². The molecule has 2 N–H and O–H groups in total. The molecule has 2 heterocycles. The average Bonchev–Trinajstić information content (AvgIpc) is 2.90. The molecule has 96 valence electrons. The Morgan fingerprint density at radius 1 is 1.28 bits per heavy atom. The number of nitrogens with zero attached hydrogens (tertiary/aromatic N) is 3. The quantitative estimate of drug-likeness (QED) is 0.867. The Labute approximate surface area is 111 Å². The predicted octanol–water partition coefficient (Wildman–Crippen LogP) is 2.46. The van der Waals surface area contributed by atoms with Crippen LogP contribution in [0.1, 0.15) is 23.2 Å². The maximum Gasteiger partial charge on any atom is 0.135 e. The van der Waals surface area contributed by atoms with Crippen molar-refractivity contribution in [3.8, 4) is 0 Å². The first-order chi connectivity index (χ1) is 8.74. The number of rotatable bonds is 5. The van der Waals surface area contributed by atoms with Gasteiger partial charge in [-0.2, -0.15) is 0 Å². The number of thiazole rings is 1. The molecule has 0 amide bonds. The van der Waals surface area contributed by atoms with Gasteiger partial charge in [-0.25, -0.2) is 9.97 Å². The van der Waals surface area contributed by atoms with Crippen LogP contribution in [0.2, 0.25) is 0 Å². The predicted molar refractivity (Wildman–Crippen MR) is 75.1 cm³/mol. The van der Waals surface area contributed by atoms with Crippen LogP contribution in [0.15, 0.2) is 11.7 Å². The molecule has 5 nitrogen and oxygen atoms in total. The molecule has 2 rings (SSSR count). The van der Waals surface area contributed by atoms with Crippen molar-refractivity contribution in [1.29, 1.82) is 0 Å². The zero-order valence-corrected chi connectivity index (χ0v) is 11.6. The Kier molecular flexibility index (Phi) is 4.09. The van der Waals surface area contributed by atoms with E-state index in [0.717, 1.165) is 36.0 Å². The molecule has 0 aliphatic rings. The second-order valence-corrected chi connectivity index (χ2v) is 4.86. The van der Waals surface area contributed by atoms with Crippen LogP contribution in [-0.4, -0.2) is 22.0 Å². The van der Waals surface area contributed by atoms with Crippen LogP contribution >= 0.6 is 11.3 Å². The molecule has 0 saturated carbocycles. The maximum absolute atomic E-state index is 4.52. The number of hydrogen-bond acceptors (Lipinski definition) is 6. The number of aromatic nitrogens is 3. The maximum atomic E-state index is 4.52. The molecule has 6 heteroatoms.